The van der Waals surface area contributed by atoms with Crippen molar-refractivity contribution in [1.29, 1.82) is 0 Å². The second-order valence-corrected chi connectivity index (χ2v) is 32.2. The predicted molar refractivity (Wildman–Crippen MR) is 433 cm³/mol. The number of rotatable bonds is 12. The van der Waals surface area contributed by atoms with E-state index in [-0.39, 0.29) is 39.0 Å². The van der Waals surface area contributed by atoms with Gasteiger partial charge in [-0.15, -0.1) is 0 Å². The molecule has 0 radical (unpaired) electrons. The highest BCUT2D eigenvalue weighted by atomic mass is 127. The van der Waals surface area contributed by atoms with Crippen LogP contribution in [0.5, 0.6) is 40.2 Å². The molecule has 35 heteroatoms. The summed E-state index contributed by atoms with van der Waals surface area (Å²) in [4.78, 5) is 60.0. The highest BCUT2D eigenvalue weighted by Crippen LogP contribution is 2.40. The number of anilines is 1. The average molecular weight is 1730 g/mol. The van der Waals surface area contributed by atoms with Crippen molar-refractivity contribution in [3.05, 3.63) is 184 Å². The molecule has 8 aliphatic heterocycles. The second kappa shape index (κ2) is 36.5. The van der Waals surface area contributed by atoms with Crippen LogP contribution in [0.1, 0.15) is 80.3 Å². The number of nitrogens with zero attached hydrogens (tertiary/aromatic N) is 16. The van der Waals surface area contributed by atoms with Gasteiger partial charge < -0.3 is 44.7 Å². The number of aromatic hydroxyl groups is 1. The Bertz CT molecular complexity index is 4940. The lowest BCUT2D eigenvalue weighted by Gasteiger charge is -2.29. The number of benzene rings is 4. The van der Waals surface area contributed by atoms with E-state index in [1.54, 1.807) is 68.0 Å². The Kier molecular flexibility index (Phi) is 27.1. The SMILES string of the molecule is CCCS(=O)(=O)Cc1nccc(Oc2ccc3c(c2)C2=NCCCN2C=N3)c1Cl.CCCS(=O)(=O)Cl.Clc1nccc(I)c1Cl.Clc1nccc(Oc2ccc3c(c2)C2=NCCCN2C=N3)c1Cl.Nc1nccc(Oc2ccc3c(c2)C2=NCCCN2C=N3)c1Cl.Oc1ccc2c(c1)C1=NCCCN1C=N2. The van der Waals surface area contributed by atoms with Gasteiger partial charge in [-0.05, 0) is 140 Å². The molecule has 0 fully saturated rings. The molecule has 0 amide bonds. The first-order valence-corrected chi connectivity index (χ1v) is 40.8. The number of pyridine rings is 4. The summed E-state index contributed by atoms with van der Waals surface area (Å²) in [6.45, 7) is 10.6. The van der Waals surface area contributed by atoms with E-state index >= 15 is 0 Å². The summed E-state index contributed by atoms with van der Waals surface area (Å²) in [5, 5.41) is 11.4. The number of hydrogen-bond donors (Lipinski definition) is 2. The number of phenols is 1. The van der Waals surface area contributed by atoms with E-state index in [9.17, 15) is 21.9 Å². The number of halogens is 8. The van der Waals surface area contributed by atoms with E-state index in [1.807, 2.05) is 96.7 Å². The Morgan fingerprint density at radius 2 is 0.830 bits per heavy atom. The minimum absolute atomic E-state index is 0.0779. The van der Waals surface area contributed by atoms with Gasteiger partial charge in [-0.25, -0.2) is 51.8 Å². The molecule has 12 heterocycles. The Morgan fingerprint density at radius 1 is 0.462 bits per heavy atom. The van der Waals surface area contributed by atoms with Crippen molar-refractivity contribution in [3.8, 4) is 40.2 Å². The Balaban J connectivity index is 0.000000134. The predicted octanol–water partition coefficient (Wildman–Crippen LogP) is 17.0. The van der Waals surface area contributed by atoms with E-state index < -0.39 is 18.9 Å². The van der Waals surface area contributed by atoms with Crippen molar-refractivity contribution >= 4 is 199 Å². The molecule has 0 atom stereocenters. The molecule has 0 bridgehead atoms. The first-order chi connectivity index (χ1) is 51.0. The summed E-state index contributed by atoms with van der Waals surface area (Å²) in [7, 11) is -1.66. The average Bonchev–Trinajstić information content (AvgIpc) is 0.803. The largest absolute Gasteiger partial charge is 0.508 e. The number of ether oxygens (including phenoxy) is 3. The quantitative estimate of drug-likeness (QED) is 0.0652. The number of fused-ring (bicyclic) bond motifs is 12. The van der Waals surface area contributed by atoms with E-state index in [1.165, 1.54) is 6.20 Å². The lowest BCUT2D eigenvalue weighted by molar-refractivity contribution is 0.474. The molecule has 0 unspecified atom stereocenters. The standard InChI is InChI=1S/C20H21ClN4O3S.C16H12Cl2N4O.C16H14ClN5O.C11H11N3O.C5H2Cl2IN.C3H7ClO2S/c1-2-10-29(26,27)12-17-19(21)18(6-8-22-17)28-14-4-5-16-15(11-14)20-23-7-3-9-25(20)13-24-16;2*17-14-13(4-6-19-15(14)18)23-10-2-3-12-11(8-10)16-20-5-1-7-22(16)9-21-12;15-8-2-3-10-9(6-8)11-12-4-1-5-14(11)7-13-10;6-4-3(8)1-2-9-5(4)7;1-2-3-7(4,5)6/h4-6,8,11,13H,2-3,7,9-10,12H2,1H3;2-4,6,8-9H,1,5,7H2;2-4,6,8-9H,1,5,7H2,(H2,18,19);2-3,6-7,15H,1,4-5H2;1-2H;2-3H2,1H3. The van der Waals surface area contributed by atoms with Crippen LogP contribution in [0.25, 0.3) is 0 Å². The molecule has 0 saturated heterocycles. The molecule has 4 aromatic heterocycles. The third kappa shape index (κ3) is 20.5. The minimum Gasteiger partial charge on any atom is -0.508 e. The topological polar surface area (TPSA) is 306 Å². The van der Waals surface area contributed by atoms with Crippen molar-refractivity contribution in [2.24, 2.45) is 39.9 Å². The van der Waals surface area contributed by atoms with Crippen LogP contribution in [0.3, 0.4) is 0 Å². The number of sulfone groups is 1. The van der Waals surface area contributed by atoms with Crippen molar-refractivity contribution in [3.63, 3.8) is 0 Å². The number of hydrogen-bond acceptors (Lipinski definition) is 25. The van der Waals surface area contributed by atoms with Crippen molar-refractivity contribution < 1.29 is 36.2 Å². The normalized spacial score (nSPS) is 15.2. The van der Waals surface area contributed by atoms with Crippen LogP contribution in [0, 0.1) is 3.57 Å². The molecule has 106 heavy (non-hydrogen) atoms. The minimum atomic E-state index is -3.26. The maximum Gasteiger partial charge on any atom is 0.232 e. The summed E-state index contributed by atoms with van der Waals surface area (Å²) >= 11 is 37.9. The fourth-order valence-electron chi connectivity index (χ4n) is 11.1. The van der Waals surface area contributed by atoms with Crippen molar-refractivity contribution in [2.75, 3.05) is 69.6 Å². The molecule has 552 valence electrons. The van der Waals surface area contributed by atoms with Crippen LogP contribution >= 0.6 is 103 Å². The first-order valence-electron chi connectivity index (χ1n) is 33.2. The van der Waals surface area contributed by atoms with Crippen LogP contribution in [0.15, 0.2) is 162 Å². The van der Waals surface area contributed by atoms with E-state index in [4.69, 9.17) is 100 Å². The summed E-state index contributed by atoms with van der Waals surface area (Å²) in [5.74, 6) is 7.35. The molecule has 25 nitrogen and oxygen atoms in total. The maximum absolute atomic E-state index is 12.1. The molecular formula is C71H67Cl7IN17O8S2. The van der Waals surface area contributed by atoms with Gasteiger partial charge in [0.2, 0.25) is 9.05 Å². The molecule has 0 spiro atoms. The van der Waals surface area contributed by atoms with Gasteiger partial charge in [-0.2, -0.15) is 0 Å². The van der Waals surface area contributed by atoms with E-state index in [0.717, 1.165) is 150 Å². The zero-order chi connectivity index (χ0) is 75.1. The van der Waals surface area contributed by atoms with Crippen LogP contribution < -0.4 is 19.9 Å². The number of nitrogen functional groups attached to an aromatic ring is 1. The number of phenolic OH excluding ortho intramolecular Hbond substituents is 1. The Morgan fingerprint density at radius 3 is 1.23 bits per heavy atom. The summed E-state index contributed by atoms with van der Waals surface area (Å²) in [5.41, 5.74) is 13.2. The Labute approximate surface area is 660 Å². The molecule has 8 aromatic rings. The summed E-state index contributed by atoms with van der Waals surface area (Å²) in [6, 6.07) is 28.9. The Hall–Kier alpha value is -8.30. The zero-order valence-electron chi connectivity index (χ0n) is 56.8. The molecule has 8 aliphatic rings. The van der Waals surface area contributed by atoms with E-state index in [0.29, 0.717) is 73.3 Å². The number of aromatic nitrogens is 4. The highest BCUT2D eigenvalue weighted by Gasteiger charge is 2.28. The van der Waals surface area contributed by atoms with Gasteiger partial charge in [0.25, 0.3) is 0 Å². The molecule has 4 aromatic carbocycles. The van der Waals surface area contributed by atoms with Gasteiger partial charge in [-0.1, -0.05) is 83.5 Å². The zero-order valence-corrected chi connectivity index (χ0v) is 65.8. The fraction of sp³-hybridized carbons (Fsp3) is 0.268. The third-order valence-corrected chi connectivity index (χ3v) is 22.6. The van der Waals surface area contributed by atoms with Crippen LogP contribution in [-0.2, 0) is 24.6 Å². The molecule has 16 rings (SSSR count). The van der Waals surface area contributed by atoms with Crippen molar-refractivity contribution in [1.82, 2.24) is 39.5 Å². The number of aliphatic imine (C=N–C) groups is 8. The molecular weight excluding hydrogens is 1660 g/mol. The molecule has 3 N–H and O–H groups in total. The lowest BCUT2D eigenvalue weighted by Crippen LogP contribution is -2.36. The number of amidine groups is 4. The van der Waals surface area contributed by atoms with Crippen LogP contribution in [-0.4, -0.2) is 174 Å². The van der Waals surface area contributed by atoms with Gasteiger partial charge in [-0.3, -0.25) is 25.0 Å². The van der Waals surface area contributed by atoms with Crippen molar-refractivity contribution in [2.45, 2.75) is 58.1 Å². The number of nitrogens with two attached hydrogens (primary N) is 1. The first kappa shape index (κ1) is 78.8. The lowest BCUT2D eigenvalue weighted by atomic mass is 10.1. The summed E-state index contributed by atoms with van der Waals surface area (Å²) in [6.07, 6.45) is 18.8. The monoisotopic (exact) mass is 1720 g/mol. The molecule has 0 aliphatic carbocycles. The third-order valence-electron chi connectivity index (χ3n) is 16.0. The van der Waals surface area contributed by atoms with Crippen LogP contribution in [0.4, 0.5) is 28.6 Å². The summed E-state index contributed by atoms with van der Waals surface area (Å²) < 4.78 is 62.9. The van der Waals surface area contributed by atoms with Gasteiger partial charge >= 0.3 is 0 Å². The molecule has 0 saturated carbocycles. The second-order valence-electron chi connectivity index (χ2n) is 23.8. The van der Waals surface area contributed by atoms with Crippen LogP contribution in [0.2, 0.25) is 30.4 Å². The van der Waals surface area contributed by atoms with Gasteiger partial charge in [0, 0.05) is 132 Å². The van der Waals surface area contributed by atoms with E-state index in [2.05, 4.69) is 92.3 Å². The highest BCUT2D eigenvalue weighted by molar-refractivity contribution is 14.1. The van der Waals surface area contributed by atoms with Gasteiger partial charge in [0.05, 0.1) is 76.1 Å². The van der Waals surface area contributed by atoms with Gasteiger partial charge in [0.1, 0.15) is 78.1 Å². The fourth-order valence-corrected chi connectivity index (χ4v) is 15.1. The smallest absolute Gasteiger partial charge is 0.232 e. The van der Waals surface area contributed by atoms with Gasteiger partial charge in [0.15, 0.2) is 26.5 Å². The maximum atomic E-state index is 12.1.